The van der Waals surface area contributed by atoms with Gasteiger partial charge in [0, 0.05) is 26.0 Å². The number of hydrogen-bond donors (Lipinski definition) is 1. The minimum absolute atomic E-state index is 0.330. The number of imide groups is 1. The molecular weight excluding hydrogens is 328 g/mol. The van der Waals surface area contributed by atoms with E-state index >= 15 is 0 Å². The Morgan fingerprint density at radius 3 is 2.88 bits per heavy atom. The summed E-state index contributed by atoms with van der Waals surface area (Å²) in [4.78, 5) is 33.7. The molecule has 0 unspecified atom stereocenters. The fourth-order valence-electron chi connectivity index (χ4n) is 2.27. The van der Waals surface area contributed by atoms with Gasteiger partial charge in [-0.3, -0.25) is 19.6 Å². The molecule has 0 bridgehead atoms. The molecule has 0 aliphatic carbocycles. The first kappa shape index (κ1) is 16.2. The lowest BCUT2D eigenvalue weighted by molar-refractivity contribution is -0.115. The summed E-state index contributed by atoms with van der Waals surface area (Å²) in [7, 11) is 1.89. The average Bonchev–Trinajstić information content (AvgIpc) is 3.13. The van der Waals surface area contributed by atoms with Gasteiger partial charge in [-0.2, -0.15) is 5.10 Å². The summed E-state index contributed by atoms with van der Waals surface area (Å²) in [5, 5.41) is 6.09. The molecule has 9 heteroatoms. The fourth-order valence-corrected chi connectivity index (χ4v) is 2.94. The van der Waals surface area contributed by atoms with Crippen molar-refractivity contribution in [2.24, 2.45) is 0 Å². The molecule has 124 valence electrons. The van der Waals surface area contributed by atoms with E-state index in [2.05, 4.69) is 20.4 Å². The van der Waals surface area contributed by atoms with Crippen LogP contribution in [-0.2, 0) is 17.9 Å². The van der Waals surface area contributed by atoms with E-state index in [0.717, 1.165) is 24.0 Å². The highest BCUT2D eigenvalue weighted by atomic mass is 32.2. The molecule has 0 radical (unpaired) electrons. The lowest BCUT2D eigenvalue weighted by Crippen LogP contribution is -2.21. The second-order valence-corrected chi connectivity index (χ2v) is 6.14. The third-order valence-corrected chi connectivity index (χ3v) is 4.24. The Hall–Kier alpha value is -2.68. The van der Waals surface area contributed by atoms with Gasteiger partial charge in [0.05, 0.1) is 22.8 Å². The zero-order valence-electron chi connectivity index (χ0n) is 13.3. The van der Waals surface area contributed by atoms with Crippen LogP contribution in [0.4, 0.5) is 10.7 Å². The number of thioether (sulfide) groups is 1. The highest BCUT2D eigenvalue weighted by Gasteiger charge is 2.25. The average molecular weight is 344 g/mol. The molecule has 2 aromatic rings. The number of hydrogen-bond acceptors (Lipinski definition) is 7. The third-order valence-electron chi connectivity index (χ3n) is 3.43. The summed E-state index contributed by atoms with van der Waals surface area (Å²) in [5.41, 5.74) is 1.63. The Morgan fingerprint density at radius 2 is 2.17 bits per heavy atom. The van der Waals surface area contributed by atoms with Gasteiger partial charge in [0.2, 0.25) is 5.95 Å². The van der Waals surface area contributed by atoms with Crippen molar-refractivity contribution in [1.29, 1.82) is 0 Å². The van der Waals surface area contributed by atoms with Crippen molar-refractivity contribution in [3.8, 4) is 0 Å². The normalized spacial score (nSPS) is 15.8. The Balaban J connectivity index is 1.79. The molecule has 0 saturated carbocycles. The Labute approximate surface area is 143 Å². The second-order valence-electron chi connectivity index (χ2n) is 5.13. The van der Waals surface area contributed by atoms with E-state index in [1.807, 2.05) is 29.6 Å². The smallest absolute Gasteiger partial charge is 0.290 e. The van der Waals surface area contributed by atoms with Gasteiger partial charge in [0.25, 0.3) is 11.1 Å². The standard InChI is InChI=1S/C15H16N6O2S/c1-3-21-11(5-7-17-21)9-20(2)14-16-6-4-10(18-14)8-12-13(22)19-15(23)24-12/h4-8H,3,9H2,1-2H3,(H,19,22,23)/b12-8-. The summed E-state index contributed by atoms with van der Waals surface area (Å²) in [5.74, 6) is 0.133. The summed E-state index contributed by atoms with van der Waals surface area (Å²) in [6.45, 7) is 3.44. The van der Waals surface area contributed by atoms with Crippen LogP contribution in [-0.4, -0.2) is 37.9 Å². The number of aromatic nitrogens is 4. The van der Waals surface area contributed by atoms with Gasteiger partial charge in [0.15, 0.2) is 0 Å². The summed E-state index contributed by atoms with van der Waals surface area (Å²) in [6.07, 6.45) is 4.98. The van der Waals surface area contributed by atoms with Crippen LogP contribution in [0.15, 0.2) is 29.4 Å². The van der Waals surface area contributed by atoms with Crippen molar-refractivity contribution in [2.45, 2.75) is 20.0 Å². The third kappa shape index (κ3) is 3.46. The molecule has 1 N–H and O–H groups in total. The first-order valence-corrected chi connectivity index (χ1v) is 8.18. The van der Waals surface area contributed by atoms with Crippen molar-refractivity contribution in [3.05, 3.63) is 40.8 Å². The van der Waals surface area contributed by atoms with E-state index in [1.165, 1.54) is 0 Å². The number of anilines is 1. The summed E-state index contributed by atoms with van der Waals surface area (Å²) >= 11 is 0.867. The van der Waals surface area contributed by atoms with Crippen LogP contribution < -0.4 is 10.2 Å². The van der Waals surface area contributed by atoms with Gasteiger partial charge >= 0.3 is 0 Å². The zero-order chi connectivity index (χ0) is 17.1. The van der Waals surface area contributed by atoms with Crippen molar-refractivity contribution < 1.29 is 9.59 Å². The minimum Gasteiger partial charge on any atom is -0.338 e. The number of carbonyl (C=O) groups is 2. The molecule has 0 atom stereocenters. The molecular formula is C15H16N6O2S. The van der Waals surface area contributed by atoms with E-state index < -0.39 is 5.91 Å². The molecule has 24 heavy (non-hydrogen) atoms. The highest BCUT2D eigenvalue weighted by Crippen LogP contribution is 2.25. The Bertz CT molecular complexity index is 816. The second kappa shape index (κ2) is 6.83. The van der Waals surface area contributed by atoms with Gasteiger partial charge in [-0.25, -0.2) is 9.97 Å². The molecule has 8 nitrogen and oxygen atoms in total. The SMILES string of the molecule is CCn1nccc1CN(C)c1nccc(/C=C2\SC(=O)NC2=O)n1. The number of aryl methyl sites for hydroxylation is 1. The van der Waals surface area contributed by atoms with E-state index in [-0.39, 0.29) is 5.24 Å². The van der Waals surface area contributed by atoms with Crippen molar-refractivity contribution in [1.82, 2.24) is 25.1 Å². The molecule has 1 fully saturated rings. The van der Waals surface area contributed by atoms with Gasteiger partial charge < -0.3 is 4.90 Å². The van der Waals surface area contributed by atoms with Gasteiger partial charge in [-0.15, -0.1) is 0 Å². The van der Waals surface area contributed by atoms with E-state index in [1.54, 1.807) is 24.5 Å². The maximum absolute atomic E-state index is 11.6. The number of rotatable bonds is 5. The quantitative estimate of drug-likeness (QED) is 0.824. The predicted octanol–water partition coefficient (Wildman–Crippen LogP) is 1.65. The number of carbonyl (C=O) groups excluding carboxylic acids is 2. The van der Waals surface area contributed by atoms with Gasteiger partial charge in [0.1, 0.15) is 0 Å². The van der Waals surface area contributed by atoms with Crippen LogP contribution in [0.5, 0.6) is 0 Å². The lowest BCUT2D eigenvalue weighted by atomic mass is 10.3. The van der Waals surface area contributed by atoms with Crippen LogP contribution in [0.25, 0.3) is 6.08 Å². The number of nitrogens with zero attached hydrogens (tertiary/aromatic N) is 5. The van der Waals surface area contributed by atoms with Crippen molar-refractivity contribution in [3.63, 3.8) is 0 Å². The molecule has 0 aromatic carbocycles. The van der Waals surface area contributed by atoms with Gasteiger partial charge in [-0.1, -0.05) is 0 Å². The monoisotopic (exact) mass is 344 g/mol. The first-order valence-electron chi connectivity index (χ1n) is 7.36. The van der Waals surface area contributed by atoms with E-state index in [4.69, 9.17) is 0 Å². The molecule has 1 saturated heterocycles. The highest BCUT2D eigenvalue weighted by molar-refractivity contribution is 8.18. The largest absolute Gasteiger partial charge is 0.338 e. The molecule has 3 rings (SSSR count). The van der Waals surface area contributed by atoms with Gasteiger partial charge in [-0.05, 0) is 36.9 Å². The lowest BCUT2D eigenvalue weighted by Gasteiger charge is -2.17. The predicted molar refractivity (Wildman–Crippen MR) is 91.1 cm³/mol. The fraction of sp³-hybridized carbons (Fsp3) is 0.267. The molecule has 3 heterocycles. The number of nitrogens with one attached hydrogen (secondary N) is 1. The molecule has 2 aromatic heterocycles. The van der Waals surface area contributed by atoms with E-state index in [0.29, 0.717) is 23.1 Å². The van der Waals surface area contributed by atoms with Crippen LogP contribution in [0.1, 0.15) is 18.3 Å². The topological polar surface area (TPSA) is 93.0 Å². The molecule has 0 spiro atoms. The summed E-state index contributed by atoms with van der Waals surface area (Å²) in [6, 6.07) is 3.65. The molecule has 1 aliphatic rings. The Morgan fingerprint density at radius 1 is 1.33 bits per heavy atom. The molecule has 2 amide bonds. The zero-order valence-corrected chi connectivity index (χ0v) is 14.1. The van der Waals surface area contributed by atoms with Crippen LogP contribution in [0, 0.1) is 0 Å². The van der Waals surface area contributed by atoms with Crippen LogP contribution >= 0.6 is 11.8 Å². The van der Waals surface area contributed by atoms with Crippen LogP contribution in [0.3, 0.4) is 0 Å². The first-order chi connectivity index (χ1) is 11.6. The van der Waals surface area contributed by atoms with Crippen LogP contribution in [0.2, 0.25) is 0 Å². The molecule has 1 aliphatic heterocycles. The Kier molecular flexibility index (Phi) is 4.61. The minimum atomic E-state index is -0.398. The maximum Gasteiger partial charge on any atom is 0.290 e. The summed E-state index contributed by atoms with van der Waals surface area (Å²) < 4.78 is 1.91. The van der Waals surface area contributed by atoms with Crippen molar-refractivity contribution >= 4 is 34.9 Å². The van der Waals surface area contributed by atoms with E-state index in [9.17, 15) is 9.59 Å². The maximum atomic E-state index is 11.6. The number of amides is 2. The van der Waals surface area contributed by atoms with Crippen molar-refractivity contribution in [2.75, 3.05) is 11.9 Å².